The van der Waals surface area contributed by atoms with Gasteiger partial charge in [0.2, 0.25) is 0 Å². The fourth-order valence-electron chi connectivity index (χ4n) is 4.43. The molecule has 1 aliphatic rings. The number of rotatable bonds is 2. The lowest BCUT2D eigenvalue weighted by Crippen LogP contribution is -2.16. The number of anilines is 2. The first-order chi connectivity index (χ1) is 12.7. The summed E-state index contributed by atoms with van der Waals surface area (Å²) in [4.78, 5) is 0. The Labute approximate surface area is 154 Å². The zero-order valence-corrected chi connectivity index (χ0v) is 15.1. The molecule has 0 unspecified atom stereocenters. The Kier molecular flexibility index (Phi) is 3.20. The maximum atomic E-state index is 3.64. The predicted molar refractivity (Wildman–Crippen MR) is 111 cm³/mol. The van der Waals surface area contributed by atoms with Crippen LogP contribution in [0, 0.1) is 0 Å². The first-order valence-electron chi connectivity index (χ1n) is 9.14. The van der Waals surface area contributed by atoms with E-state index in [1.54, 1.807) is 0 Å². The fraction of sp³-hybridized carbons (Fsp3) is 0.120. The quantitative estimate of drug-likeness (QED) is 0.420. The minimum absolute atomic E-state index is 0.0347. The van der Waals surface area contributed by atoms with Crippen LogP contribution < -0.4 is 5.32 Å². The van der Waals surface area contributed by atoms with Crippen LogP contribution in [0.25, 0.3) is 21.9 Å². The highest BCUT2D eigenvalue weighted by atomic mass is 14.9. The van der Waals surface area contributed by atoms with Crippen molar-refractivity contribution in [3.63, 3.8) is 0 Å². The molecule has 26 heavy (non-hydrogen) atoms. The van der Waals surface area contributed by atoms with Crippen LogP contribution in [0.15, 0.2) is 84.9 Å². The van der Waals surface area contributed by atoms with E-state index in [-0.39, 0.29) is 5.41 Å². The molecule has 0 bridgehead atoms. The summed E-state index contributed by atoms with van der Waals surface area (Å²) in [5.74, 6) is 0. The average molecular weight is 335 g/mol. The van der Waals surface area contributed by atoms with E-state index in [9.17, 15) is 0 Å². The normalized spacial score (nSPS) is 14.1. The molecular weight excluding hydrogens is 314 g/mol. The molecule has 0 aliphatic heterocycles. The minimum Gasteiger partial charge on any atom is -0.355 e. The van der Waals surface area contributed by atoms with Crippen LogP contribution in [-0.4, -0.2) is 0 Å². The Morgan fingerprint density at radius 3 is 2.31 bits per heavy atom. The van der Waals surface area contributed by atoms with Gasteiger partial charge in [-0.15, -0.1) is 0 Å². The summed E-state index contributed by atoms with van der Waals surface area (Å²) in [6.45, 7) is 4.67. The van der Waals surface area contributed by atoms with E-state index in [4.69, 9.17) is 0 Å². The molecule has 0 amide bonds. The SMILES string of the molecule is CC1(C)c2ccc3ccccc3c2-c2cccc(Nc3ccccc3)c21. The molecule has 4 aromatic carbocycles. The molecule has 4 aromatic rings. The molecule has 0 atom stereocenters. The molecule has 1 heteroatoms. The monoisotopic (exact) mass is 335 g/mol. The average Bonchev–Trinajstić information content (AvgIpc) is 2.91. The topological polar surface area (TPSA) is 12.0 Å². The van der Waals surface area contributed by atoms with Gasteiger partial charge in [0.05, 0.1) is 0 Å². The van der Waals surface area contributed by atoms with Crippen LogP contribution in [0.3, 0.4) is 0 Å². The molecule has 0 aromatic heterocycles. The van der Waals surface area contributed by atoms with Crippen molar-refractivity contribution in [1.82, 2.24) is 0 Å². The van der Waals surface area contributed by atoms with Gasteiger partial charge in [-0.05, 0) is 51.2 Å². The largest absolute Gasteiger partial charge is 0.355 e. The van der Waals surface area contributed by atoms with Gasteiger partial charge in [0.1, 0.15) is 0 Å². The summed E-state index contributed by atoms with van der Waals surface area (Å²) < 4.78 is 0. The lowest BCUT2D eigenvalue weighted by molar-refractivity contribution is 0.663. The maximum Gasteiger partial charge on any atom is 0.0431 e. The minimum atomic E-state index is -0.0347. The van der Waals surface area contributed by atoms with Gasteiger partial charge in [0.15, 0.2) is 0 Å². The van der Waals surface area contributed by atoms with E-state index in [0.29, 0.717) is 0 Å². The summed E-state index contributed by atoms with van der Waals surface area (Å²) in [5, 5.41) is 6.29. The van der Waals surface area contributed by atoms with Crippen LogP contribution in [0.5, 0.6) is 0 Å². The second-order valence-corrected chi connectivity index (χ2v) is 7.55. The van der Waals surface area contributed by atoms with Crippen molar-refractivity contribution in [1.29, 1.82) is 0 Å². The zero-order valence-electron chi connectivity index (χ0n) is 15.1. The van der Waals surface area contributed by atoms with Crippen LogP contribution in [0.1, 0.15) is 25.0 Å². The predicted octanol–water partition coefficient (Wildman–Crippen LogP) is 6.89. The summed E-state index contributed by atoms with van der Waals surface area (Å²) in [6.07, 6.45) is 0. The molecule has 0 fully saturated rings. The smallest absolute Gasteiger partial charge is 0.0431 e. The van der Waals surface area contributed by atoms with Crippen LogP contribution in [0.4, 0.5) is 11.4 Å². The number of hydrogen-bond acceptors (Lipinski definition) is 1. The van der Waals surface area contributed by atoms with Gasteiger partial charge in [-0.25, -0.2) is 0 Å². The maximum absolute atomic E-state index is 3.64. The van der Waals surface area contributed by atoms with Gasteiger partial charge in [-0.1, -0.05) is 80.6 Å². The van der Waals surface area contributed by atoms with Crippen LogP contribution in [-0.2, 0) is 5.41 Å². The Balaban J connectivity index is 1.78. The van der Waals surface area contributed by atoms with Crippen molar-refractivity contribution in [3.8, 4) is 11.1 Å². The van der Waals surface area contributed by atoms with Crippen molar-refractivity contribution in [2.75, 3.05) is 5.32 Å². The summed E-state index contributed by atoms with van der Waals surface area (Å²) in [5.41, 5.74) is 7.82. The van der Waals surface area contributed by atoms with Crippen molar-refractivity contribution in [2.45, 2.75) is 19.3 Å². The number of benzene rings is 4. The third kappa shape index (κ3) is 2.10. The number of fused-ring (bicyclic) bond motifs is 5. The van der Waals surface area contributed by atoms with Gasteiger partial charge >= 0.3 is 0 Å². The van der Waals surface area contributed by atoms with Gasteiger partial charge in [-0.2, -0.15) is 0 Å². The summed E-state index contributed by atoms with van der Waals surface area (Å²) in [7, 11) is 0. The Morgan fingerprint density at radius 2 is 1.46 bits per heavy atom. The van der Waals surface area contributed by atoms with E-state index >= 15 is 0 Å². The molecule has 5 rings (SSSR count). The van der Waals surface area contributed by atoms with E-state index in [0.717, 1.165) is 5.69 Å². The van der Waals surface area contributed by atoms with E-state index in [1.807, 2.05) is 6.07 Å². The number of para-hydroxylation sites is 1. The molecule has 0 saturated carbocycles. The second kappa shape index (κ2) is 5.47. The van der Waals surface area contributed by atoms with Gasteiger partial charge in [0, 0.05) is 16.8 Å². The van der Waals surface area contributed by atoms with Gasteiger partial charge in [-0.3, -0.25) is 0 Å². The van der Waals surface area contributed by atoms with Crippen molar-refractivity contribution >= 4 is 22.1 Å². The number of nitrogens with one attached hydrogen (secondary N) is 1. The summed E-state index contributed by atoms with van der Waals surface area (Å²) >= 11 is 0. The lowest BCUT2D eigenvalue weighted by Gasteiger charge is -2.25. The van der Waals surface area contributed by atoms with Crippen LogP contribution in [0.2, 0.25) is 0 Å². The molecule has 0 radical (unpaired) electrons. The highest BCUT2D eigenvalue weighted by Crippen LogP contribution is 2.53. The standard InChI is InChI=1S/C25H21N/c1-25(2)21-16-15-17-9-6-7-12-19(17)23(21)20-13-8-14-22(24(20)25)26-18-10-4-3-5-11-18/h3-16,26H,1-2H3. The molecule has 126 valence electrons. The molecule has 0 heterocycles. The first-order valence-corrected chi connectivity index (χ1v) is 9.14. The third-order valence-corrected chi connectivity index (χ3v) is 5.61. The molecule has 1 N–H and O–H groups in total. The number of hydrogen-bond donors (Lipinski definition) is 1. The van der Waals surface area contributed by atoms with E-state index in [2.05, 4.69) is 98.0 Å². The highest BCUT2D eigenvalue weighted by Gasteiger charge is 2.38. The molecule has 0 spiro atoms. The Hall–Kier alpha value is -3.06. The Bertz CT molecular complexity index is 1120. The van der Waals surface area contributed by atoms with Gasteiger partial charge < -0.3 is 5.32 Å². The van der Waals surface area contributed by atoms with Gasteiger partial charge in [0.25, 0.3) is 0 Å². The fourth-order valence-corrected chi connectivity index (χ4v) is 4.43. The van der Waals surface area contributed by atoms with E-state index in [1.165, 1.54) is 38.7 Å². The lowest BCUT2D eigenvalue weighted by atomic mass is 9.81. The highest BCUT2D eigenvalue weighted by molar-refractivity contribution is 6.03. The van der Waals surface area contributed by atoms with E-state index < -0.39 is 0 Å². The summed E-state index contributed by atoms with van der Waals surface area (Å²) in [6, 6.07) is 30.3. The van der Waals surface area contributed by atoms with Crippen molar-refractivity contribution < 1.29 is 0 Å². The molecule has 1 aliphatic carbocycles. The Morgan fingerprint density at radius 1 is 0.692 bits per heavy atom. The van der Waals surface area contributed by atoms with Crippen molar-refractivity contribution in [2.24, 2.45) is 0 Å². The molecule has 0 saturated heterocycles. The van der Waals surface area contributed by atoms with Crippen molar-refractivity contribution in [3.05, 3.63) is 96.1 Å². The first kappa shape index (κ1) is 15.2. The molecule has 1 nitrogen and oxygen atoms in total. The van der Waals surface area contributed by atoms with Crippen LogP contribution >= 0.6 is 0 Å². The third-order valence-electron chi connectivity index (χ3n) is 5.61. The second-order valence-electron chi connectivity index (χ2n) is 7.55. The molecular formula is C25H21N. The zero-order chi connectivity index (χ0) is 17.7.